The van der Waals surface area contributed by atoms with E-state index in [-0.39, 0.29) is 0 Å². The lowest BCUT2D eigenvalue weighted by Gasteiger charge is -2.35. The number of benzene rings is 7. The van der Waals surface area contributed by atoms with Gasteiger partial charge in [-0.05, 0) is 61.6 Å². The van der Waals surface area contributed by atoms with Crippen LogP contribution in [0.4, 0.5) is 11.4 Å². The molecule has 0 fully saturated rings. The van der Waals surface area contributed by atoms with E-state index in [4.69, 9.17) is 6.42 Å². The van der Waals surface area contributed by atoms with Gasteiger partial charge < -0.3 is 4.90 Å². The number of hydrogen-bond donors (Lipinski definition) is 0. The van der Waals surface area contributed by atoms with E-state index >= 15 is 0 Å². The summed E-state index contributed by atoms with van der Waals surface area (Å²) < 4.78 is 0. The normalized spacial score (nSPS) is 11.9. The van der Waals surface area contributed by atoms with Crippen LogP contribution >= 0.6 is 0 Å². The second-order valence-corrected chi connectivity index (χ2v) is 15.1. The van der Waals surface area contributed by atoms with E-state index in [1.54, 1.807) is 0 Å². The molecule has 0 saturated heterocycles. The monoisotopic (exact) mass is 723 g/mol. The van der Waals surface area contributed by atoms with Crippen LogP contribution in [0.3, 0.4) is 0 Å². The average molecular weight is 723 g/mol. The van der Waals surface area contributed by atoms with Crippen LogP contribution in [0.5, 0.6) is 0 Å². The highest BCUT2D eigenvalue weighted by Gasteiger charge is 2.26. The lowest BCUT2D eigenvalue weighted by atomic mass is 9.64. The largest absolute Gasteiger partial charge is 0.339 e. The Hall–Kier alpha value is -6.17. The van der Waals surface area contributed by atoms with Crippen molar-refractivity contribution < 1.29 is 0 Å². The van der Waals surface area contributed by atoms with Gasteiger partial charge in [0.2, 0.25) is 0 Å². The van der Waals surface area contributed by atoms with Crippen molar-refractivity contribution in [1.29, 1.82) is 0 Å². The van der Waals surface area contributed by atoms with E-state index in [0.29, 0.717) is 6.54 Å². The summed E-state index contributed by atoms with van der Waals surface area (Å²) in [6.45, 7) is 0.657. The highest BCUT2D eigenvalue weighted by Crippen LogP contribution is 2.45. The van der Waals surface area contributed by atoms with E-state index in [2.05, 4.69) is 230 Å². The van der Waals surface area contributed by atoms with E-state index in [0.717, 1.165) is 22.3 Å². The Morgan fingerprint density at radius 2 is 0.930 bits per heavy atom. The predicted octanol–water partition coefficient (Wildman–Crippen LogP) is 2.68. The van der Waals surface area contributed by atoms with Crippen molar-refractivity contribution in [2.45, 2.75) is 0 Å². The number of rotatable bonds is 10. The molecule has 0 atom stereocenters. The molecule has 0 unspecified atom stereocenters. The van der Waals surface area contributed by atoms with E-state index in [9.17, 15) is 0 Å². The molecule has 0 spiro atoms. The number of nitrogens with zero attached hydrogens (tertiary/aromatic N) is 1. The fourth-order valence-electron chi connectivity index (χ4n) is 8.46. The van der Waals surface area contributed by atoms with Crippen molar-refractivity contribution in [2.75, 3.05) is 11.4 Å². The molecular weight excluding hydrogens is 678 g/mol. The summed E-state index contributed by atoms with van der Waals surface area (Å²) in [5.41, 5.74) is 22.8. The van der Waals surface area contributed by atoms with Crippen molar-refractivity contribution in [2.24, 2.45) is 0 Å². The van der Waals surface area contributed by atoms with Gasteiger partial charge >= 0.3 is 0 Å². The standard InChI is InChI=1S/C49H44B7N/c1-2-38(50)41(33-22-11-5-12-23-33)44(52)39(51)30-57(49-47(55)45(53)42(46(54)48(49)56)34-24-13-6-14-25-34)40-29-17-28-36(32-20-9-4-10-21-32)43(40)37-27-16-15-26-35(37)31-18-7-3-8-19-31/h1,3-29H,30,50-56H2/b41-38+,44-39-. The van der Waals surface area contributed by atoms with Gasteiger partial charge in [0, 0.05) is 23.5 Å². The summed E-state index contributed by atoms with van der Waals surface area (Å²) in [6.07, 6.45) is 6.14. The van der Waals surface area contributed by atoms with Crippen LogP contribution in [-0.2, 0) is 0 Å². The zero-order valence-corrected chi connectivity index (χ0v) is 34.3. The smallest absolute Gasteiger partial charge is 0.151 e. The lowest BCUT2D eigenvalue weighted by molar-refractivity contribution is 1.09. The van der Waals surface area contributed by atoms with Gasteiger partial charge in [-0.3, -0.25) is 0 Å². The zero-order chi connectivity index (χ0) is 40.1. The van der Waals surface area contributed by atoms with E-state index in [1.807, 2.05) is 0 Å². The number of anilines is 2. The molecule has 7 rings (SSSR count). The minimum absolute atomic E-state index is 0.657. The molecule has 7 aromatic rings. The fraction of sp³-hybridized carbons (Fsp3) is 0.0204. The maximum atomic E-state index is 6.14. The lowest BCUT2D eigenvalue weighted by Crippen LogP contribution is -2.47. The SMILES string of the molecule is B/C(CN(c1cccc(-c2ccccc2)c1-c1ccccc1-c1ccccc1)c1c(B)c(B)c(-c2ccccc2)c(B)c1B)=C(B)/C(=C(/B)C#C)c1ccccc1. The molecule has 0 amide bonds. The number of terminal acetylenes is 1. The highest BCUT2D eigenvalue weighted by molar-refractivity contribution is 6.63. The van der Waals surface area contributed by atoms with Crippen LogP contribution in [0.2, 0.25) is 0 Å². The van der Waals surface area contributed by atoms with Gasteiger partial charge in [0.05, 0.1) is 0 Å². The first-order valence-corrected chi connectivity index (χ1v) is 19.9. The molecule has 0 heterocycles. The highest BCUT2D eigenvalue weighted by atomic mass is 15.1. The molecule has 0 saturated carbocycles. The summed E-state index contributed by atoms with van der Waals surface area (Å²) in [7, 11) is 15.8. The first-order valence-electron chi connectivity index (χ1n) is 19.9. The molecule has 266 valence electrons. The molecule has 0 bridgehead atoms. The third-order valence-corrected chi connectivity index (χ3v) is 11.7. The molecule has 0 aromatic heterocycles. The molecule has 0 aliphatic heterocycles. The minimum atomic E-state index is 0.657. The first-order chi connectivity index (χ1) is 27.7. The van der Waals surface area contributed by atoms with Gasteiger partial charge in [0.25, 0.3) is 0 Å². The van der Waals surface area contributed by atoms with Crippen LogP contribution in [0.1, 0.15) is 5.56 Å². The molecule has 8 heteroatoms. The Kier molecular flexibility index (Phi) is 11.9. The molecular formula is C49H44B7N. The molecule has 0 aliphatic carbocycles. The summed E-state index contributed by atoms with van der Waals surface area (Å²) in [4.78, 5) is 2.59. The van der Waals surface area contributed by atoms with E-state index in [1.165, 1.54) is 83.0 Å². The summed E-state index contributed by atoms with van der Waals surface area (Å²) in [5, 5.41) is 0. The second kappa shape index (κ2) is 17.3. The fourth-order valence-corrected chi connectivity index (χ4v) is 8.46. The van der Waals surface area contributed by atoms with Gasteiger partial charge in [-0.25, -0.2) is 0 Å². The summed E-state index contributed by atoms with van der Waals surface area (Å²) >= 11 is 0. The summed E-state index contributed by atoms with van der Waals surface area (Å²) in [5.74, 6) is 2.98. The van der Waals surface area contributed by atoms with E-state index < -0.39 is 0 Å². The first kappa shape index (κ1) is 39.1. The van der Waals surface area contributed by atoms with Crippen LogP contribution in [0, 0.1) is 12.3 Å². The van der Waals surface area contributed by atoms with Crippen molar-refractivity contribution in [3.63, 3.8) is 0 Å². The van der Waals surface area contributed by atoms with Gasteiger partial charge in [-0.2, -0.15) is 0 Å². The Balaban J connectivity index is 1.57. The number of allylic oxidation sites excluding steroid dienone is 3. The Bertz CT molecular complexity index is 2640. The average Bonchev–Trinajstić information content (AvgIpc) is 3.26. The molecule has 7 aromatic carbocycles. The summed E-state index contributed by atoms with van der Waals surface area (Å²) in [6, 6.07) is 58.7. The number of hydrogen-bond acceptors (Lipinski definition) is 1. The molecule has 57 heavy (non-hydrogen) atoms. The predicted molar refractivity (Wildman–Crippen MR) is 269 cm³/mol. The Labute approximate surface area is 346 Å². The maximum Gasteiger partial charge on any atom is 0.151 e. The molecule has 0 N–H and O–H groups in total. The quantitative estimate of drug-likeness (QED) is 0.119. The van der Waals surface area contributed by atoms with Crippen LogP contribution in [0.15, 0.2) is 180 Å². The Morgan fingerprint density at radius 3 is 1.47 bits per heavy atom. The van der Waals surface area contributed by atoms with Crippen molar-refractivity contribution in [3.8, 4) is 56.9 Å². The molecule has 0 radical (unpaired) electrons. The van der Waals surface area contributed by atoms with Crippen LogP contribution in [0.25, 0.3) is 50.1 Å². The topological polar surface area (TPSA) is 3.24 Å². The zero-order valence-electron chi connectivity index (χ0n) is 34.3. The maximum absolute atomic E-state index is 6.14. The molecule has 0 aliphatic rings. The van der Waals surface area contributed by atoms with Crippen LogP contribution < -0.4 is 26.8 Å². The van der Waals surface area contributed by atoms with Gasteiger partial charge in [-0.1, -0.05) is 196 Å². The third kappa shape index (κ3) is 7.81. The third-order valence-electron chi connectivity index (χ3n) is 11.7. The van der Waals surface area contributed by atoms with Crippen molar-refractivity contribution >= 4 is 93.7 Å². The van der Waals surface area contributed by atoms with Gasteiger partial charge in [0.1, 0.15) is 47.1 Å². The minimum Gasteiger partial charge on any atom is -0.339 e. The van der Waals surface area contributed by atoms with Crippen molar-refractivity contribution in [1.82, 2.24) is 0 Å². The molecule has 1 nitrogen and oxygen atoms in total. The van der Waals surface area contributed by atoms with Gasteiger partial charge in [0.15, 0.2) is 7.85 Å². The van der Waals surface area contributed by atoms with Gasteiger partial charge in [-0.15, -0.1) is 6.42 Å². The van der Waals surface area contributed by atoms with Crippen molar-refractivity contribution in [3.05, 3.63) is 186 Å². The Morgan fingerprint density at radius 1 is 0.474 bits per heavy atom. The second-order valence-electron chi connectivity index (χ2n) is 15.1. The van der Waals surface area contributed by atoms with Crippen LogP contribution in [-0.4, -0.2) is 61.5 Å².